The smallest absolute Gasteiger partial charge is 0.0806 e. The molecule has 0 amide bonds. The van der Waals surface area contributed by atoms with Crippen LogP contribution in [-0.2, 0) is 4.74 Å². The van der Waals surface area contributed by atoms with Crippen molar-refractivity contribution < 1.29 is 4.74 Å². The molecule has 0 fully saturated rings. The van der Waals surface area contributed by atoms with Gasteiger partial charge in [-0.3, -0.25) is 0 Å². The summed E-state index contributed by atoms with van der Waals surface area (Å²) in [5, 5.41) is 0. The van der Waals surface area contributed by atoms with E-state index in [1.165, 1.54) is 0 Å². The van der Waals surface area contributed by atoms with Gasteiger partial charge < -0.3 is 4.74 Å². The molecule has 0 radical (unpaired) electrons. The minimum absolute atomic E-state index is 0.00174. The summed E-state index contributed by atoms with van der Waals surface area (Å²) < 4.78 is 5.38. The fourth-order valence-electron chi connectivity index (χ4n) is 0.805. The van der Waals surface area contributed by atoms with Crippen LogP contribution in [-0.4, -0.2) is 12.2 Å². The molecule has 0 spiro atoms. The Morgan fingerprint density at radius 2 is 2.25 bits per heavy atom. The van der Waals surface area contributed by atoms with Crippen LogP contribution in [0, 0.1) is 0 Å². The zero-order chi connectivity index (χ0) is 6.04. The maximum atomic E-state index is 5.38. The second-order valence-electron chi connectivity index (χ2n) is 2.64. The maximum Gasteiger partial charge on any atom is 0.0806 e. The van der Waals surface area contributed by atoms with E-state index < -0.39 is 0 Å². The lowest BCUT2D eigenvalue weighted by atomic mass is 10.1. The highest BCUT2D eigenvalue weighted by Crippen LogP contribution is 2.15. The predicted molar refractivity (Wildman–Crippen MR) is 33.8 cm³/mol. The summed E-state index contributed by atoms with van der Waals surface area (Å²) in [6.07, 6.45) is 5.35. The summed E-state index contributed by atoms with van der Waals surface area (Å²) in [4.78, 5) is 0. The standard InChI is InChI=1S/C7H12O/c1-7(2)5-3-4-6-8-7/h3,5H,4,6H2,1-2H3. The average molecular weight is 112 g/mol. The molecule has 0 N–H and O–H groups in total. The van der Waals surface area contributed by atoms with Crippen LogP contribution < -0.4 is 0 Å². The molecule has 1 nitrogen and oxygen atoms in total. The molecule has 0 aromatic rings. The first-order valence-corrected chi connectivity index (χ1v) is 3.02. The Kier molecular flexibility index (Phi) is 1.39. The highest BCUT2D eigenvalue weighted by atomic mass is 16.5. The normalized spacial score (nSPS) is 25.8. The molecule has 46 valence electrons. The van der Waals surface area contributed by atoms with Crippen LogP contribution in [0.2, 0.25) is 0 Å². The Labute approximate surface area is 50.3 Å². The van der Waals surface area contributed by atoms with Gasteiger partial charge in [0.25, 0.3) is 0 Å². The van der Waals surface area contributed by atoms with Crippen LogP contribution >= 0.6 is 0 Å². The predicted octanol–water partition coefficient (Wildman–Crippen LogP) is 1.74. The molecule has 0 saturated carbocycles. The lowest BCUT2D eigenvalue weighted by molar-refractivity contribution is 0.0141. The zero-order valence-electron chi connectivity index (χ0n) is 5.48. The van der Waals surface area contributed by atoms with E-state index in [9.17, 15) is 0 Å². The van der Waals surface area contributed by atoms with Gasteiger partial charge in [-0.1, -0.05) is 12.2 Å². The van der Waals surface area contributed by atoms with Gasteiger partial charge in [0, 0.05) is 0 Å². The molecule has 1 heteroatoms. The Morgan fingerprint density at radius 3 is 2.50 bits per heavy atom. The summed E-state index contributed by atoms with van der Waals surface area (Å²) in [5.74, 6) is 0. The third kappa shape index (κ3) is 1.34. The van der Waals surface area contributed by atoms with Crippen LogP contribution in [0.1, 0.15) is 20.3 Å². The van der Waals surface area contributed by atoms with E-state index in [4.69, 9.17) is 4.74 Å². The van der Waals surface area contributed by atoms with Gasteiger partial charge in [-0.2, -0.15) is 0 Å². The van der Waals surface area contributed by atoms with Gasteiger partial charge in [0.1, 0.15) is 0 Å². The highest BCUT2D eigenvalue weighted by Gasteiger charge is 2.15. The maximum absolute atomic E-state index is 5.38. The molecule has 8 heavy (non-hydrogen) atoms. The van der Waals surface area contributed by atoms with Crippen molar-refractivity contribution in [2.24, 2.45) is 0 Å². The number of ether oxygens (including phenoxy) is 1. The molecule has 0 aromatic heterocycles. The molecule has 1 heterocycles. The molecular formula is C7H12O. The summed E-state index contributed by atoms with van der Waals surface area (Å²) in [6, 6.07) is 0. The van der Waals surface area contributed by atoms with Crippen LogP contribution in [0.5, 0.6) is 0 Å². The molecule has 0 unspecified atom stereocenters. The first-order chi connectivity index (χ1) is 3.71. The third-order valence-electron chi connectivity index (χ3n) is 1.28. The quantitative estimate of drug-likeness (QED) is 0.434. The molecule has 1 rings (SSSR count). The molecule has 0 atom stereocenters. The van der Waals surface area contributed by atoms with Crippen molar-refractivity contribution in [2.75, 3.05) is 6.61 Å². The van der Waals surface area contributed by atoms with Crippen molar-refractivity contribution >= 4 is 0 Å². The monoisotopic (exact) mass is 112 g/mol. The van der Waals surface area contributed by atoms with Crippen LogP contribution in [0.4, 0.5) is 0 Å². The lowest BCUT2D eigenvalue weighted by Gasteiger charge is -2.24. The first kappa shape index (κ1) is 5.83. The molecule has 1 aliphatic rings. The van der Waals surface area contributed by atoms with E-state index in [0.29, 0.717) is 0 Å². The third-order valence-corrected chi connectivity index (χ3v) is 1.28. The topological polar surface area (TPSA) is 9.23 Å². The summed E-state index contributed by atoms with van der Waals surface area (Å²) >= 11 is 0. The second kappa shape index (κ2) is 1.90. The average Bonchev–Trinajstić information content (AvgIpc) is 1.65. The van der Waals surface area contributed by atoms with Crippen molar-refractivity contribution in [2.45, 2.75) is 25.9 Å². The SMILES string of the molecule is CC1(C)C=CCCO1. The number of rotatable bonds is 0. The Bertz CT molecular complexity index is 103. The van der Waals surface area contributed by atoms with Gasteiger partial charge in [0.2, 0.25) is 0 Å². The van der Waals surface area contributed by atoms with Crippen LogP contribution in [0.25, 0.3) is 0 Å². The first-order valence-electron chi connectivity index (χ1n) is 3.02. The Hall–Kier alpha value is -0.300. The minimum Gasteiger partial charge on any atom is -0.371 e. The highest BCUT2D eigenvalue weighted by molar-refractivity contribution is 4.99. The molecule has 0 bridgehead atoms. The van der Waals surface area contributed by atoms with Gasteiger partial charge in [-0.05, 0) is 20.3 Å². The van der Waals surface area contributed by atoms with E-state index in [1.54, 1.807) is 0 Å². The van der Waals surface area contributed by atoms with Crippen molar-refractivity contribution in [1.82, 2.24) is 0 Å². The molecule has 0 aliphatic carbocycles. The van der Waals surface area contributed by atoms with E-state index >= 15 is 0 Å². The molecular weight excluding hydrogens is 100 g/mol. The van der Waals surface area contributed by atoms with Gasteiger partial charge in [-0.25, -0.2) is 0 Å². The summed E-state index contributed by atoms with van der Waals surface area (Å²) in [6.45, 7) is 5.02. The van der Waals surface area contributed by atoms with Crippen LogP contribution in [0.15, 0.2) is 12.2 Å². The van der Waals surface area contributed by atoms with E-state index in [2.05, 4.69) is 26.0 Å². The zero-order valence-corrected chi connectivity index (χ0v) is 5.48. The van der Waals surface area contributed by atoms with Gasteiger partial charge in [0.05, 0.1) is 12.2 Å². The minimum atomic E-state index is -0.00174. The number of hydrogen-bond donors (Lipinski definition) is 0. The summed E-state index contributed by atoms with van der Waals surface area (Å²) in [7, 11) is 0. The molecule has 1 aliphatic heterocycles. The van der Waals surface area contributed by atoms with Crippen molar-refractivity contribution in [1.29, 1.82) is 0 Å². The van der Waals surface area contributed by atoms with E-state index in [1.807, 2.05) is 0 Å². The van der Waals surface area contributed by atoms with Crippen molar-refractivity contribution in [3.63, 3.8) is 0 Å². The van der Waals surface area contributed by atoms with E-state index in [-0.39, 0.29) is 5.60 Å². The fraction of sp³-hybridized carbons (Fsp3) is 0.714. The summed E-state index contributed by atoms with van der Waals surface area (Å²) in [5.41, 5.74) is -0.00174. The van der Waals surface area contributed by atoms with Gasteiger partial charge >= 0.3 is 0 Å². The largest absolute Gasteiger partial charge is 0.371 e. The molecule has 0 aromatic carbocycles. The van der Waals surface area contributed by atoms with Crippen LogP contribution in [0.3, 0.4) is 0 Å². The van der Waals surface area contributed by atoms with E-state index in [0.717, 1.165) is 13.0 Å². The van der Waals surface area contributed by atoms with Crippen molar-refractivity contribution in [3.8, 4) is 0 Å². The van der Waals surface area contributed by atoms with Gasteiger partial charge in [-0.15, -0.1) is 0 Å². The molecule has 0 saturated heterocycles. The second-order valence-corrected chi connectivity index (χ2v) is 2.64. The number of hydrogen-bond acceptors (Lipinski definition) is 1. The Morgan fingerprint density at radius 1 is 1.50 bits per heavy atom. The lowest BCUT2D eigenvalue weighted by Crippen LogP contribution is -2.24. The fourth-order valence-corrected chi connectivity index (χ4v) is 0.805. The Balaban J connectivity index is 2.56. The van der Waals surface area contributed by atoms with Crippen molar-refractivity contribution in [3.05, 3.63) is 12.2 Å². The van der Waals surface area contributed by atoms with Gasteiger partial charge in [0.15, 0.2) is 0 Å².